The summed E-state index contributed by atoms with van der Waals surface area (Å²) >= 11 is 0. The summed E-state index contributed by atoms with van der Waals surface area (Å²) < 4.78 is 23.1. The summed E-state index contributed by atoms with van der Waals surface area (Å²) in [4.78, 5) is 14.7. The molecule has 126 valence electrons. The van der Waals surface area contributed by atoms with Crippen LogP contribution in [0.3, 0.4) is 0 Å². The first-order valence-electron chi connectivity index (χ1n) is 8.20. The smallest absolute Gasteiger partial charge is 0.319 e. The number of benzene rings is 1. The summed E-state index contributed by atoms with van der Waals surface area (Å²) in [6.45, 7) is 2.12. The molecule has 1 aromatic rings. The molecular formula is C17H24N2O3S. The van der Waals surface area contributed by atoms with Gasteiger partial charge in [0, 0.05) is 24.0 Å². The van der Waals surface area contributed by atoms with Gasteiger partial charge in [0.2, 0.25) is 0 Å². The van der Waals surface area contributed by atoms with Crippen LogP contribution in [0.25, 0.3) is 0 Å². The first-order chi connectivity index (χ1) is 10.8. The van der Waals surface area contributed by atoms with Crippen LogP contribution in [-0.4, -0.2) is 37.7 Å². The molecule has 0 aliphatic heterocycles. The number of amides is 2. The Bertz CT molecular complexity index is 694. The van der Waals surface area contributed by atoms with E-state index in [0.717, 1.165) is 12.8 Å². The van der Waals surface area contributed by atoms with E-state index >= 15 is 0 Å². The molecule has 23 heavy (non-hydrogen) atoms. The Morgan fingerprint density at radius 1 is 1.26 bits per heavy atom. The van der Waals surface area contributed by atoms with E-state index in [-0.39, 0.29) is 17.8 Å². The third-order valence-electron chi connectivity index (χ3n) is 4.59. The highest BCUT2D eigenvalue weighted by molar-refractivity contribution is 7.89. The maximum Gasteiger partial charge on any atom is 0.322 e. The van der Waals surface area contributed by atoms with Crippen molar-refractivity contribution in [3.05, 3.63) is 29.8 Å². The van der Waals surface area contributed by atoms with Crippen molar-refractivity contribution in [3.63, 3.8) is 0 Å². The van der Waals surface area contributed by atoms with E-state index in [1.807, 2.05) is 11.0 Å². The Balaban J connectivity index is 1.76. The minimum Gasteiger partial charge on any atom is -0.319 e. The van der Waals surface area contributed by atoms with Gasteiger partial charge in [-0.15, -0.1) is 0 Å². The second kappa shape index (κ2) is 6.15. The maximum atomic E-state index is 12.8. The highest BCUT2D eigenvalue weighted by Crippen LogP contribution is 2.40. The second-order valence-corrected chi connectivity index (χ2v) is 9.01. The number of nitrogens with one attached hydrogen (secondary N) is 1. The van der Waals surface area contributed by atoms with E-state index < -0.39 is 9.84 Å². The number of carbonyl (C=O) groups excluding carboxylic acids is 1. The summed E-state index contributed by atoms with van der Waals surface area (Å²) in [6, 6.07) is 7.62. The minimum absolute atomic E-state index is 0.0644. The van der Waals surface area contributed by atoms with Gasteiger partial charge in [0.05, 0.1) is 5.75 Å². The molecule has 0 saturated heterocycles. The number of hydrogen-bond acceptors (Lipinski definition) is 3. The van der Waals surface area contributed by atoms with Crippen molar-refractivity contribution in [2.24, 2.45) is 5.92 Å². The van der Waals surface area contributed by atoms with Gasteiger partial charge < -0.3 is 10.2 Å². The average Bonchev–Trinajstić information content (AvgIpc) is 3.33. The zero-order chi connectivity index (χ0) is 16.6. The van der Waals surface area contributed by atoms with Crippen LogP contribution in [0.2, 0.25) is 0 Å². The fourth-order valence-corrected chi connectivity index (χ4v) is 3.89. The first-order valence-corrected chi connectivity index (χ1v) is 10.3. The van der Waals surface area contributed by atoms with Crippen molar-refractivity contribution in [2.75, 3.05) is 11.6 Å². The highest BCUT2D eigenvalue weighted by atomic mass is 32.2. The third-order valence-corrected chi connectivity index (χ3v) is 5.43. The lowest BCUT2D eigenvalue weighted by molar-refractivity contribution is 0.180. The van der Waals surface area contributed by atoms with Gasteiger partial charge in [0.15, 0.2) is 9.84 Å². The maximum absolute atomic E-state index is 12.8. The molecule has 1 N–H and O–H groups in total. The molecule has 0 spiro atoms. The molecule has 0 radical (unpaired) electrons. The topological polar surface area (TPSA) is 66.5 Å². The number of urea groups is 1. The lowest BCUT2D eigenvalue weighted by atomic mass is 10.1. The lowest BCUT2D eigenvalue weighted by Crippen LogP contribution is -2.44. The first kappa shape index (κ1) is 16.3. The van der Waals surface area contributed by atoms with Crippen LogP contribution < -0.4 is 5.32 Å². The second-order valence-electron chi connectivity index (χ2n) is 6.87. The molecular weight excluding hydrogens is 312 g/mol. The van der Waals surface area contributed by atoms with Crippen LogP contribution >= 0.6 is 0 Å². The normalized spacial score (nSPS) is 19.2. The van der Waals surface area contributed by atoms with Gasteiger partial charge in [-0.1, -0.05) is 18.2 Å². The van der Waals surface area contributed by atoms with Gasteiger partial charge in [-0.3, -0.25) is 0 Å². The zero-order valence-electron chi connectivity index (χ0n) is 13.7. The number of para-hydroxylation sites is 1. The molecule has 1 atom stereocenters. The standard InChI is InChI=1S/C17H24N2O3S/c1-12(13-7-8-13)19(15-9-10-15)17(20)18-16-6-4-3-5-14(16)11-23(2,21)22/h3-6,12-13,15H,7-11H2,1-2H3,(H,18,20)/t12-/m1/s1. The predicted molar refractivity (Wildman–Crippen MR) is 91.1 cm³/mol. The van der Waals surface area contributed by atoms with Gasteiger partial charge in [0.25, 0.3) is 0 Å². The molecule has 2 fully saturated rings. The number of anilines is 1. The summed E-state index contributed by atoms with van der Waals surface area (Å²) in [7, 11) is -3.14. The Morgan fingerprint density at radius 3 is 2.48 bits per heavy atom. The molecule has 0 aromatic heterocycles. The van der Waals surface area contributed by atoms with Crippen LogP contribution in [0.4, 0.5) is 10.5 Å². The number of carbonyl (C=O) groups is 1. The van der Waals surface area contributed by atoms with Crippen LogP contribution in [0.15, 0.2) is 24.3 Å². The summed E-state index contributed by atoms with van der Waals surface area (Å²) in [5, 5.41) is 2.94. The summed E-state index contributed by atoms with van der Waals surface area (Å²) in [6.07, 6.45) is 5.73. The largest absolute Gasteiger partial charge is 0.322 e. The number of nitrogens with zero attached hydrogens (tertiary/aromatic N) is 1. The molecule has 1 aromatic carbocycles. The Hall–Kier alpha value is -1.56. The number of hydrogen-bond donors (Lipinski definition) is 1. The molecule has 6 heteroatoms. The van der Waals surface area contributed by atoms with Crippen molar-refractivity contribution >= 4 is 21.6 Å². The zero-order valence-corrected chi connectivity index (χ0v) is 14.5. The predicted octanol–water partition coefficient (Wildman–Crippen LogP) is 3.03. The van der Waals surface area contributed by atoms with Crippen LogP contribution in [0, 0.1) is 5.92 Å². The Labute approximate surface area is 138 Å². The van der Waals surface area contributed by atoms with Crippen molar-refractivity contribution in [1.82, 2.24) is 4.90 Å². The van der Waals surface area contributed by atoms with E-state index in [9.17, 15) is 13.2 Å². The van der Waals surface area contributed by atoms with Crippen molar-refractivity contribution in [3.8, 4) is 0 Å². The average molecular weight is 336 g/mol. The van der Waals surface area contributed by atoms with Crippen molar-refractivity contribution in [1.29, 1.82) is 0 Å². The summed E-state index contributed by atoms with van der Waals surface area (Å²) in [5.41, 5.74) is 1.23. The molecule has 3 rings (SSSR count). The summed E-state index contributed by atoms with van der Waals surface area (Å²) in [5.74, 6) is 0.554. The molecule has 5 nitrogen and oxygen atoms in total. The van der Waals surface area contributed by atoms with Gasteiger partial charge in [0.1, 0.15) is 0 Å². The SMILES string of the molecule is C[C@H](C1CC1)N(C(=O)Nc1ccccc1CS(C)(=O)=O)C1CC1. The Morgan fingerprint density at radius 2 is 1.91 bits per heavy atom. The fraction of sp³-hybridized carbons (Fsp3) is 0.588. The van der Waals surface area contributed by atoms with Crippen LogP contribution in [0.1, 0.15) is 38.2 Å². The fourth-order valence-electron chi connectivity index (χ4n) is 3.07. The molecule has 2 aliphatic rings. The monoisotopic (exact) mass is 336 g/mol. The Kier molecular flexibility index (Phi) is 4.36. The molecule has 2 saturated carbocycles. The van der Waals surface area contributed by atoms with Crippen LogP contribution in [0.5, 0.6) is 0 Å². The van der Waals surface area contributed by atoms with E-state index in [2.05, 4.69) is 12.2 Å². The van der Waals surface area contributed by atoms with Gasteiger partial charge in [-0.25, -0.2) is 13.2 Å². The van der Waals surface area contributed by atoms with Gasteiger partial charge in [-0.05, 0) is 50.2 Å². The van der Waals surface area contributed by atoms with E-state index in [1.54, 1.807) is 18.2 Å². The van der Waals surface area contributed by atoms with Crippen molar-refractivity contribution in [2.45, 2.75) is 50.4 Å². The molecule has 0 unspecified atom stereocenters. The molecule has 2 amide bonds. The molecule has 0 heterocycles. The lowest BCUT2D eigenvalue weighted by Gasteiger charge is -2.30. The van der Waals surface area contributed by atoms with Crippen molar-refractivity contribution < 1.29 is 13.2 Å². The number of sulfone groups is 1. The highest BCUT2D eigenvalue weighted by Gasteiger charge is 2.41. The van der Waals surface area contributed by atoms with E-state index in [1.165, 1.54) is 19.1 Å². The van der Waals surface area contributed by atoms with Gasteiger partial charge in [-0.2, -0.15) is 0 Å². The third kappa shape index (κ3) is 4.25. The van der Waals surface area contributed by atoms with E-state index in [0.29, 0.717) is 23.2 Å². The molecule has 0 bridgehead atoms. The number of rotatable bonds is 6. The molecule has 2 aliphatic carbocycles. The van der Waals surface area contributed by atoms with Crippen LogP contribution in [-0.2, 0) is 15.6 Å². The minimum atomic E-state index is -3.14. The van der Waals surface area contributed by atoms with Gasteiger partial charge >= 0.3 is 6.03 Å². The van der Waals surface area contributed by atoms with E-state index in [4.69, 9.17) is 0 Å². The quantitative estimate of drug-likeness (QED) is 0.868.